The van der Waals surface area contributed by atoms with E-state index in [4.69, 9.17) is 4.74 Å². The second kappa shape index (κ2) is 8.13. The van der Waals surface area contributed by atoms with Gasteiger partial charge in [0.2, 0.25) is 11.8 Å². The van der Waals surface area contributed by atoms with Gasteiger partial charge in [0.25, 0.3) is 0 Å². The quantitative estimate of drug-likeness (QED) is 0.548. The van der Waals surface area contributed by atoms with E-state index in [1.54, 1.807) is 17.9 Å². The Hall–Kier alpha value is -1.93. The van der Waals surface area contributed by atoms with Gasteiger partial charge >= 0.3 is 5.97 Å². The third-order valence-corrected chi connectivity index (χ3v) is 7.27. The lowest BCUT2D eigenvalue weighted by molar-refractivity contribution is -0.156. The molecule has 0 aromatic carbocycles. The number of carboxylic acids is 1. The molecule has 8 nitrogen and oxygen atoms in total. The van der Waals surface area contributed by atoms with Gasteiger partial charge < -0.3 is 24.7 Å². The Kier molecular flexibility index (Phi) is 6.28. The molecule has 0 unspecified atom stereocenters. The van der Waals surface area contributed by atoms with Gasteiger partial charge in [-0.2, -0.15) is 0 Å². The summed E-state index contributed by atoms with van der Waals surface area (Å²) in [7, 11) is 0. The van der Waals surface area contributed by atoms with Crippen LogP contribution in [0.3, 0.4) is 0 Å². The Bertz CT molecular complexity index is 803. The minimum Gasteiger partial charge on any atom is -0.481 e. The van der Waals surface area contributed by atoms with Gasteiger partial charge in [-0.15, -0.1) is 6.58 Å². The molecule has 0 aliphatic carbocycles. The van der Waals surface area contributed by atoms with Crippen LogP contribution in [0.1, 0.15) is 60.8 Å². The number of nitrogens with zero attached hydrogens (tertiary/aromatic N) is 2. The lowest BCUT2D eigenvalue weighted by atomic mass is 9.70. The highest BCUT2D eigenvalue weighted by molar-refractivity contribution is 5.98. The molecule has 0 aromatic heterocycles. The van der Waals surface area contributed by atoms with Crippen LogP contribution < -0.4 is 0 Å². The Labute approximate surface area is 190 Å². The first-order valence-electron chi connectivity index (χ1n) is 11.5. The van der Waals surface area contributed by atoms with Gasteiger partial charge in [-0.1, -0.05) is 26.8 Å². The van der Waals surface area contributed by atoms with E-state index in [0.717, 1.165) is 0 Å². The number of ether oxygens (including phenoxy) is 1. The van der Waals surface area contributed by atoms with Crippen LogP contribution in [0.2, 0.25) is 0 Å². The second-order valence-corrected chi connectivity index (χ2v) is 11.5. The number of carbonyl (C=O) groups excluding carboxylic acids is 2. The Balaban J connectivity index is 2.09. The number of fused-ring (bicyclic) bond motifs is 1. The standard InChI is InChI=1S/C24H38N2O6/c1-8-11-25(23(6,7)13-22(3,4)5)20(29)18-24-10-9-15(32-24)16(21(30)31)17(24)19(28)26(18)14(2)12-27/h8,14-18,27H,1,9-13H2,2-7H3,(H,30,31)/t14-,15-,16+,17+,18-,24+/m1/s1. The first kappa shape index (κ1) is 24.7. The zero-order valence-electron chi connectivity index (χ0n) is 20.1. The molecule has 3 rings (SSSR count). The molecular weight excluding hydrogens is 412 g/mol. The zero-order chi connectivity index (χ0) is 24.2. The van der Waals surface area contributed by atoms with Gasteiger partial charge in [0.05, 0.1) is 30.6 Å². The number of carbonyl (C=O) groups is 3. The molecule has 3 aliphatic heterocycles. The number of rotatable bonds is 8. The first-order valence-corrected chi connectivity index (χ1v) is 11.5. The highest BCUT2D eigenvalue weighted by Gasteiger charge is 2.75. The zero-order valence-corrected chi connectivity index (χ0v) is 20.1. The van der Waals surface area contributed by atoms with E-state index in [9.17, 15) is 24.6 Å². The predicted octanol–water partition coefficient (Wildman–Crippen LogP) is 2.06. The van der Waals surface area contributed by atoms with Crippen molar-refractivity contribution in [1.82, 2.24) is 9.80 Å². The fourth-order valence-electron chi connectivity index (χ4n) is 6.52. The molecule has 0 saturated carbocycles. The molecular formula is C24H38N2O6. The minimum absolute atomic E-state index is 0.0513. The number of aliphatic hydroxyl groups is 1. The van der Waals surface area contributed by atoms with Gasteiger partial charge in [-0.25, -0.2) is 0 Å². The molecule has 2 N–H and O–H groups in total. The van der Waals surface area contributed by atoms with Crippen molar-refractivity contribution in [3.63, 3.8) is 0 Å². The molecule has 2 bridgehead atoms. The maximum absolute atomic E-state index is 14.2. The highest BCUT2D eigenvalue weighted by atomic mass is 16.5. The van der Waals surface area contributed by atoms with Crippen LogP contribution in [0.4, 0.5) is 0 Å². The third-order valence-electron chi connectivity index (χ3n) is 7.27. The minimum atomic E-state index is -1.18. The van der Waals surface area contributed by atoms with E-state index < -0.39 is 53.0 Å². The number of likely N-dealkylation sites (tertiary alicyclic amines) is 1. The highest BCUT2D eigenvalue weighted by Crippen LogP contribution is 2.59. The van der Waals surface area contributed by atoms with Crippen molar-refractivity contribution >= 4 is 17.8 Å². The second-order valence-electron chi connectivity index (χ2n) is 11.5. The molecule has 180 valence electrons. The molecule has 0 radical (unpaired) electrons. The summed E-state index contributed by atoms with van der Waals surface area (Å²) < 4.78 is 6.23. The van der Waals surface area contributed by atoms with Gasteiger partial charge in [0.1, 0.15) is 11.6 Å². The molecule has 6 atom stereocenters. The number of aliphatic hydroxyl groups excluding tert-OH is 1. The van der Waals surface area contributed by atoms with Crippen molar-refractivity contribution in [1.29, 1.82) is 0 Å². The Morgan fingerprint density at radius 3 is 2.47 bits per heavy atom. The maximum atomic E-state index is 14.2. The van der Waals surface area contributed by atoms with E-state index in [1.807, 2.05) is 13.8 Å². The Morgan fingerprint density at radius 1 is 1.34 bits per heavy atom. The fraction of sp³-hybridized carbons (Fsp3) is 0.792. The van der Waals surface area contributed by atoms with E-state index >= 15 is 0 Å². The van der Waals surface area contributed by atoms with Crippen LogP contribution in [0, 0.1) is 17.3 Å². The average Bonchev–Trinajstić information content (AvgIpc) is 3.30. The van der Waals surface area contributed by atoms with Gasteiger partial charge in [0, 0.05) is 12.1 Å². The van der Waals surface area contributed by atoms with Crippen LogP contribution in [-0.2, 0) is 19.1 Å². The topological polar surface area (TPSA) is 107 Å². The molecule has 2 amide bonds. The monoisotopic (exact) mass is 450 g/mol. The van der Waals surface area contributed by atoms with E-state index in [1.165, 1.54) is 4.90 Å². The summed E-state index contributed by atoms with van der Waals surface area (Å²) in [6.45, 7) is 15.8. The number of aliphatic carboxylic acids is 1. The number of carboxylic acid groups (broad SMARTS) is 1. The molecule has 0 aromatic rings. The number of hydrogen-bond acceptors (Lipinski definition) is 5. The lowest BCUT2D eigenvalue weighted by Gasteiger charge is -2.46. The van der Waals surface area contributed by atoms with Crippen molar-refractivity contribution in [3.8, 4) is 0 Å². The maximum Gasteiger partial charge on any atom is 0.310 e. The van der Waals surface area contributed by atoms with E-state index in [-0.39, 0.29) is 17.9 Å². The van der Waals surface area contributed by atoms with Crippen molar-refractivity contribution in [2.75, 3.05) is 13.2 Å². The van der Waals surface area contributed by atoms with Crippen molar-refractivity contribution < 1.29 is 29.3 Å². The van der Waals surface area contributed by atoms with Crippen molar-refractivity contribution in [2.24, 2.45) is 17.3 Å². The van der Waals surface area contributed by atoms with Gasteiger partial charge in [-0.05, 0) is 45.4 Å². The van der Waals surface area contributed by atoms with Crippen molar-refractivity contribution in [3.05, 3.63) is 12.7 Å². The van der Waals surface area contributed by atoms with Gasteiger partial charge in [-0.3, -0.25) is 14.4 Å². The van der Waals surface area contributed by atoms with Crippen LogP contribution in [-0.4, -0.2) is 80.3 Å². The average molecular weight is 451 g/mol. The molecule has 8 heteroatoms. The summed E-state index contributed by atoms with van der Waals surface area (Å²) in [6.07, 6.45) is 2.76. The lowest BCUT2D eigenvalue weighted by Crippen LogP contribution is -2.62. The van der Waals surface area contributed by atoms with E-state index in [0.29, 0.717) is 25.8 Å². The number of amides is 2. The molecule has 3 aliphatic rings. The summed E-state index contributed by atoms with van der Waals surface area (Å²) in [6, 6.07) is -1.61. The molecule has 3 heterocycles. The summed E-state index contributed by atoms with van der Waals surface area (Å²) in [5.41, 5.74) is -1.77. The van der Waals surface area contributed by atoms with Crippen LogP contribution in [0.5, 0.6) is 0 Å². The molecule has 3 saturated heterocycles. The van der Waals surface area contributed by atoms with Crippen LogP contribution in [0.25, 0.3) is 0 Å². The van der Waals surface area contributed by atoms with Crippen LogP contribution in [0.15, 0.2) is 12.7 Å². The van der Waals surface area contributed by atoms with E-state index in [2.05, 4.69) is 27.4 Å². The molecule has 3 fully saturated rings. The fourth-order valence-corrected chi connectivity index (χ4v) is 6.52. The smallest absolute Gasteiger partial charge is 0.310 e. The molecule has 32 heavy (non-hydrogen) atoms. The Morgan fingerprint density at radius 2 is 1.97 bits per heavy atom. The summed E-state index contributed by atoms with van der Waals surface area (Å²) >= 11 is 0. The molecule has 1 spiro atoms. The summed E-state index contributed by atoms with van der Waals surface area (Å²) in [5, 5.41) is 19.7. The van der Waals surface area contributed by atoms with Crippen LogP contribution >= 0.6 is 0 Å². The third kappa shape index (κ3) is 3.75. The van der Waals surface area contributed by atoms with Gasteiger partial charge in [0.15, 0.2) is 0 Å². The largest absolute Gasteiger partial charge is 0.481 e. The first-order chi connectivity index (χ1) is 14.7. The number of hydrogen-bond donors (Lipinski definition) is 2. The summed E-state index contributed by atoms with van der Waals surface area (Å²) in [5.74, 6) is -3.65. The van der Waals surface area contributed by atoms with Crippen molar-refractivity contribution in [2.45, 2.75) is 90.1 Å². The normalized spacial score (nSPS) is 32.7. The summed E-state index contributed by atoms with van der Waals surface area (Å²) in [4.78, 5) is 42.9. The predicted molar refractivity (Wildman–Crippen MR) is 119 cm³/mol. The SMILES string of the molecule is C=CCN(C(=O)[C@H]1N([C@H](C)CO)C(=O)[C@@H]2[C@@H](C(=O)O)[C@H]3CC[C@]21O3)C(C)(C)CC(C)(C)C.